The number of carbonyl (C=O) groups is 1. The Balaban J connectivity index is 1.62. The third-order valence-corrected chi connectivity index (χ3v) is 3.88. The summed E-state index contributed by atoms with van der Waals surface area (Å²) in [6.45, 7) is 3.77. The first-order chi connectivity index (χ1) is 9.26. The van der Waals surface area contributed by atoms with E-state index >= 15 is 0 Å². The molecule has 102 valence electrons. The van der Waals surface area contributed by atoms with Crippen molar-refractivity contribution in [1.29, 1.82) is 0 Å². The molecule has 5 nitrogen and oxygen atoms in total. The van der Waals surface area contributed by atoms with E-state index in [9.17, 15) is 4.79 Å². The largest absolute Gasteiger partial charge is 0.356 e. The van der Waals surface area contributed by atoms with Gasteiger partial charge in [0.15, 0.2) is 0 Å². The van der Waals surface area contributed by atoms with Gasteiger partial charge in [0.2, 0.25) is 5.91 Å². The molecule has 2 heterocycles. The molecule has 3 rings (SSSR count). The minimum Gasteiger partial charge on any atom is -0.356 e. The maximum absolute atomic E-state index is 12.0. The van der Waals surface area contributed by atoms with Crippen LogP contribution in [0.15, 0.2) is 12.4 Å². The Labute approximate surface area is 113 Å². The van der Waals surface area contributed by atoms with Crippen LogP contribution < -0.4 is 10.2 Å². The molecule has 1 N–H and O–H groups in total. The van der Waals surface area contributed by atoms with E-state index in [4.69, 9.17) is 0 Å². The van der Waals surface area contributed by atoms with Crippen molar-refractivity contribution in [3.05, 3.63) is 18.1 Å². The molecule has 2 aliphatic rings. The minimum absolute atomic E-state index is 0.112. The van der Waals surface area contributed by atoms with E-state index in [2.05, 4.69) is 27.1 Å². The van der Waals surface area contributed by atoms with Crippen molar-refractivity contribution in [2.45, 2.75) is 38.6 Å². The van der Waals surface area contributed by atoms with Gasteiger partial charge in [-0.3, -0.25) is 4.79 Å². The summed E-state index contributed by atoms with van der Waals surface area (Å²) in [6.07, 6.45) is 5.74. The number of carbonyl (C=O) groups excluding carboxylic acids is 1. The van der Waals surface area contributed by atoms with Crippen molar-refractivity contribution in [3.8, 4) is 0 Å². The molecule has 1 saturated heterocycles. The van der Waals surface area contributed by atoms with Crippen LogP contribution in [0.4, 0.5) is 5.82 Å². The number of anilines is 1. The molecule has 0 bridgehead atoms. The van der Waals surface area contributed by atoms with Crippen molar-refractivity contribution in [3.63, 3.8) is 0 Å². The predicted molar refractivity (Wildman–Crippen MR) is 72.9 cm³/mol. The standard InChI is InChI=1S/C14H20N4O/c1-2-11-7-13(16-9-15-11)18-6-5-10(8-18)14(19)17-12-3-4-12/h7,9-10,12H,2-6,8H2,1H3,(H,17,19). The van der Waals surface area contributed by atoms with Gasteiger partial charge in [0.1, 0.15) is 12.1 Å². The molecule has 1 aromatic rings. The van der Waals surface area contributed by atoms with Crippen LogP contribution in [0.3, 0.4) is 0 Å². The lowest BCUT2D eigenvalue weighted by Gasteiger charge is -2.17. The van der Waals surface area contributed by atoms with E-state index in [1.165, 1.54) is 0 Å². The quantitative estimate of drug-likeness (QED) is 0.882. The Bertz CT molecular complexity index is 472. The fourth-order valence-electron chi connectivity index (χ4n) is 2.48. The predicted octanol–water partition coefficient (Wildman–Crippen LogP) is 1.14. The summed E-state index contributed by atoms with van der Waals surface area (Å²) in [5.74, 6) is 1.28. The van der Waals surface area contributed by atoms with E-state index in [1.807, 2.05) is 6.07 Å². The van der Waals surface area contributed by atoms with Gasteiger partial charge in [-0.25, -0.2) is 9.97 Å². The second kappa shape index (κ2) is 5.15. The summed E-state index contributed by atoms with van der Waals surface area (Å²) in [5.41, 5.74) is 1.05. The summed E-state index contributed by atoms with van der Waals surface area (Å²) in [4.78, 5) is 22.8. The molecule has 0 radical (unpaired) electrons. The first kappa shape index (κ1) is 12.4. The van der Waals surface area contributed by atoms with Gasteiger partial charge in [-0.2, -0.15) is 0 Å². The monoisotopic (exact) mass is 260 g/mol. The maximum Gasteiger partial charge on any atom is 0.225 e. The Morgan fingerprint density at radius 1 is 1.42 bits per heavy atom. The number of nitrogens with zero attached hydrogens (tertiary/aromatic N) is 3. The number of hydrogen-bond acceptors (Lipinski definition) is 4. The van der Waals surface area contributed by atoms with Crippen molar-refractivity contribution >= 4 is 11.7 Å². The zero-order valence-electron chi connectivity index (χ0n) is 11.3. The summed E-state index contributed by atoms with van der Waals surface area (Å²) < 4.78 is 0. The molecule has 5 heteroatoms. The van der Waals surface area contributed by atoms with Gasteiger partial charge in [-0.05, 0) is 25.7 Å². The fourth-order valence-corrected chi connectivity index (χ4v) is 2.48. The highest BCUT2D eigenvalue weighted by Crippen LogP contribution is 2.24. The smallest absolute Gasteiger partial charge is 0.225 e. The van der Waals surface area contributed by atoms with Crippen molar-refractivity contribution in [2.75, 3.05) is 18.0 Å². The molecule has 1 aliphatic carbocycles. The third-order valence-electron chi connectivity index (χ3n) is 3.88. The second-order valence-electron chi connectivity index (χ2n) is 5.44. The van der Waals surface area contributed by atoms with Crippen LogP contribution in [0.25, 0.3) is 0 Å². The molecular weight excluding hydrogens is 240 g/mol. The molecule has 0 aromatic carbocycles. The Kier molecular flexibility index (Phi) is 3.36. The normalized spacial score (nSPS) is 22.6. The van der Waals surface area contributed by atoms with Crippen LogP contribution >= 0.6 is 0 Å². The average molecular weight is 260 g/mol. The Morgan fingerprint density at radius 3 is 3.00 bits per heavy atom. The minimum atomic E-state index is 0.112. The number of aryl methyl sites for hydroxylation is 1. The van der Waals surface area contributed by atoms with E-state index in [1.54, 1.807) is 6.33 Å². The maximum atomic E-state index is 12.0. The fraction of sp³-hybridized carbons (Fsp3) is 0.643. The number of aromatic nitrogens is 2. The number of nitrogens with one attached hydrogen (secondary N) is 1. The van der Waals surface area contributed by atoms with Gasteiger partial charge in [0.25, 0.3) is 0 Å². The van der Waals surface area contributed by atoms with Crippen molar-refractivity contribution < 1.29 is 4.79 Å². The van der Waals surface area contributed by atoms with Gasteiger partial charge in [0, 0.05) is 30.9 Å². The lowest BCUT2D eigenvalue weighted by atomic mass is 10.1. The zero-order chi connectivity index (χ0) is 13.2. The zero-order valence-corrected chi connectivity index (χ0v) is 11.3. The summed E-state index contributed by atoms with van der Waals surface area (Å²) in [5, 5.41) is 3.09. The van der Waals surface area contributed by atoms with Gasteiger partial charge in [-0.15, -0.1) is 0 Å². The van der Waals surface area contributed by atoms with E-state index in [-0.39, 0.29) is 11.8 Å². The van der Waals surface area contributed by atoms with Crippen LogP contribution in [0.5, 0.6) is 0 Å². The Hall–Kier alpha value is -1.65. The van der Waals surface area contributed by atoms with Crippen molar-refractivity contribution in [1.82, 2.24) is 15.3 Å². The van der Waals surface area contributed by atoms with E-state index in [0.29, 0.717) is 6.04 Å². The van der Waals surface area contributed by atoms with Gasteiger partial charge < -0.3 is 10.2 Å². The van der Waals surface area contributed by atoms with E-state index < -0.39 is 0 Å². The van der Waals surface area contributed by atoms with Crippen LogP contribution in [0.1, 0.15) is 31.9 Å². The van der Waals surface area contributed by atoms with Crippen LogP contribution in [0, 0.1) is 5.92 Å². The molecule has 2 fully saturated rings. The van der Waals surface area contributed by atoms with Crippen LogP contribution in [-0.2, 0) is 11.2 Å². The molecule has 1 aromatic heterocycles. The van der Waals surface area contributed by atoms with Crippen LogP contribution in [-0.4, -0.2) is 35.0 Å². The van der Waals surface area contributed by atoms with Gasteiger partial charge in [0.05, 0.1) is 5.92 Å². The number of rotatable bonds is 4. The van der Waals surface area contributed by atoms with E-state index in [0.717, 1.165) is 50.3 Å². The number of hydrogen-bond donors (Lipinski definition) is 1. The van der Waals surface area contributed by atoms with Gasteiger partial charge >= 0.3 is 0 Å². The third kappa shape index (κ3) is 2.85. The SMILES string of the molecule is CCc1cc(N2CCC(C(=O)NC3CC3)C2)ncn1. The molecular formula is C14H20N4O. The molecule has 0 spiro atoms. The average Bonchev–Trinajstić information content (AvgIpc) is 3.11. The Morgan fingerprint density at radius 2 is 2.26 bits per heavy atom. The first-order valence-corrected chi connectivity index (χ1v) is 7.12. The molecule has 19 heavy (non-hydrogen) atoms. The summed E-state index contributed by atoms with van der Waals surface area (Å²) in [6, 6.07) is 2.48. The topological polar surface area (TPSA) is 58.1 Å². The second-order valence-corrected chi connectivity index (χ2v) is 5.44. The lowest BCUT2D eigenvalue weighted by Crippen LogP contribution is -2.34. The highest BCUT2D eigenvalue weighted by atomic mass is 16.2. The van der Waals surface area contributed by atoms with Crippen LogP contribution in [0.2, 0.25) is 0 Å². The summed E-state index contributed by atoms with van der Waals surface area (Å²) in [7, 11) is 0. The lowest BCUT2D eigenvalue weighted by molar-refractivity contribution is -0.124. The van der Waals surface area contributed by atoms with Gasteiger partial charge in [-0.1, -0.05) is 6.92 Å². The molecule has 1 unspecified atom stereocenters. The summed E-state index contributed by atoms with van der Waals surface area (Å²) >= 11 is 0. The highest BCUT2D eigenvalue weighted by Gasteiger charge is 2.32. The van der Waals surface area contributed by atoms with Crippen molar-refractivity contribution in [2.24, 2.45) is 5.92 Å². The number of amides is 1. The molecule has 1 saturated carbocycles. The molecule has 1 amide bonds. The molecule has 1 aliphatic heterocycles. The molecule has 1 atom stereocenters. The highest BCUT2D eigenvalue weighted by molar-refractivity contribution is 5.80. The first-order valence-electron chi connectivity index (χ1n) is 7.12.